The Hall–Kier alpha value is -3.26. The van der Waals surface area contributed by atoms with Crippen LogP contribution < -0.4 is 5.06 Å². The van der Waals surface area contributed by atoms with E-state index in [0.29, 0.717) is 24.1 Å². The van der Waals surface area contributed by atoms with Gasteiger partial charge in [-0.15, -0.1) is 0 Å². The molecule has 2 rings (SSSR count). The van der Waals surface area contributed by atoms with Crippen molar-refractivity contribution in [3.63, 3.8) is 0 Å². The first kappa shape index (κ1) is 23.0. The van der Waals surface area contributed by atoms with Crippen LogP contribution in [0.5, 0.6) is 0 Å². The average molecular weight is 414 g/mol. The fourth-order valence-electron chi connectivity index (χ4n) is 3.02. The Morgan fingerprint density at radius 3 is 2.40 bits per heavy atom. The standard InChI is InChI=1S/C22H26N2O6/c1-3-5-13-30-24(15-25)18-12-11-17(14-23-18)19(16-9-7-6-8-10-16)20(21(26)27)22(28)29-4-2/h6-12,14-15,19-20H,3-5,13H2,1-2H3,(H,26,27). The molecule has 2 atom stereocenters. The Kier molecular flexibility index (Phi) is 8.96. The van der Waals surface area contributed by atoms with Crippen LogP contribution in [0.2, 0.25) is 0 Å². The second-order valence-electron chi connectivity index (χ2n) is 6.52. The molecule has 0 saturated carbocycles. The van der Waals surface area contributed by atoms with Crippen LogP contribution in [0, 0.1) is 5.92 Å². The van der Waals surface area contributed by atoms with E-state index in [1.54, 1.807) is 49.4 Å². The molecule has 8 heteroatoms. The number of amides is 1. The molecule has 0 bridgehead atoms. The van der Waals surface area contributed by atoms with E-state index in [-0.39, 0.29) is 12.4 Å². The number of aliphatic carboxylic acids is 1. The van der Waals surface area contributed by atoms with Gasteiger partial charge in [0.05, 0.1) is 13.2 Å². The number of nitrogens with zero attached hydrogens (tertiary/aromatic N) is 2. The Labute approximate surface area is 175 Å². The second kappa shape index (κ2) is 11.7. The molecule has 1 amide bonds. The second-order valence-corrected chi connectivity index (χ2v) is 6.52. The number of hydroxylamine groups is 1. The van der Waals surface area contributed by atoms with Crippen LogP contribution in [0.3, 0.4) is 0 Å². The Morgan fingerprint density at radius 1 is 1.13 bits per heavy atom. The Balaban J connectivity index is 2.40. The zero-order chi connectivity index (χ0) is 21.9. The van der Waals surface area contributed by atoms with Gasteiger partial charge < -0.3 is 9.84 Å². The van der Waals surface area contributed by atoms with Crippen molar-refractivity contribution < 1.29 is 29.1 Å². The number of anilines is 1. The predicted molar refractivity (Wildman–Crippen MR) is 110 cm³/mol. The Morgan fingerprint density at radius 2 is 1.87 bits per heavy atom. The molecule has 1 aromatic heterocycles. The highest BCUT2D eigenvalue weighted by atomic mass is 16.7. The number of aromatic nitrogens is 1. The maximum atomic E-state index is 12.4. The SMILES string of the molecule is CCCCON(C=O)c1ccc(C(c2ccccc2)C(C(=O)O)C(=O)OCC)cn1. The van der Waals surface area contributed by atoms with Crippen molar-refractivity contribution in [3.05, 3.63) is 59.8 Å². The molecule has 0 saturated heterocycles. The molecule has 1 heterocycles. The first-order valence-electron chi connectivity index (χ1n) is 9.81. The summed E-state index contributed by atoms with van der Waals surface area (Å²) in [5.74, 6) is -4.10. The number of benzene rings is 1. The lowest BCUT2D eigenvalue weighted by Crippen LogP contribution is -2.32. The van der Waals surface area contributed by atoms with Gasteiger partial charge in [-0.05, 0) is 30.5 Å². The van der Waals surface area contributed by atoms with E-state index in [4.69, 9.17) is 9.57 Å². The summed E-state index contributed by atoms with van der Waals surface area (Å²) >= 11 is 0. The van der Waals surface area contributed by atoms with Gasteiger partial charge in [-0.2, -0.15) is 5.06 Å². The van der Waals surface area contributed by atoms with Gasteiger partial charge in [0.25, 0.3) is 0 Å². The number of rotatable bonds is 12. The van der Waals surface area contributed by atoms with Gasteiger partial charge in [0.15, 0.2) is 11.7 Å². The summed E-state index contributed by atoms with van der Waals surface area (Å²) < 4.78 is 5.01. The van der Waals surface area contributed by atoms with Crippen molar-refractivity contribution >= 4 is 24.2 Å². The molecule has 2 unspecified atom stereocenters. The van der Waals surface area contributed by atoms with Crippen LogP contribution >= 0.6 is 0 Å². The smallest absolute Gasteiger partial charge is 0.321 e. The molecule has 160 valence electrons. The third-order valence-corrected chi connectivity index (χ3v) is 4.48. The predicted octanol–water partition coefficient (Wildman–Crippen LogP) is 3.17. The van der Waals surface area contributed by atoms with Crippen molar-refractivity contribution in [3.8, 4) is 0 Å². The molecule has 2 aromatic rings. The van der Waals surface area contributed by atoms with Crippen LogP contribution in [-0.4, -0.2) is 41.7 Å². The molecule has 8 nitrogen and oxygen atoms in total. The molecule has 1 aromatic carbocycles. The first-order chi connectivity index (χ1) is 14.5. The fourth-order valence-corrected chi connectivity index (χ4v) is 3.02. The highest BCUT2D eigenvalue weighted by molar-refractivity contribution is 5.95. The largest absolute Gasteiger partial charge is 0.481 e. The van der Waals surface area contributed by atoms with Crippen molar-refractivity contribution in [1.29, 1.82) is 0 Å². The van der Waals surface area contributed by atoms with E-state index >= 15 is 0 Å². The van der Waals surface area contributed by atoms with Gasteiger partial charge in [-0.25, -0.2) is 4.98 Å². The number of hydrogen-bond acceptors (Lipinski definition) is 6. The summed E-state index contributed by atoms with van der Waals surface area (Å²) in [6.45, 7) is 4.07. The number of ether oxygens (including phenoxy) is 1. The lowest BCUT2D eigenvalue weighted by molar-refractivity contribution is -0.159. The highest BCUT2D eigenvalue weighted by Crippen LogP contribution is 2.33. The minimum atomic E-state index is -1.44. The zero-order valence-electron chi connectivity index (χ0n) is 17.1. The molecular weight excluding hydrogens is 388 g/mol. The number of pyridine rings is 1. The maximum Gasteiger partial charge on any atom is 0.321 e. The summed E-state index contributed by atoms with van der Waals surface area (Å²) in [6.07, 6.45) is 3.67. The number of carboxylic acids is 1. The normalized spacial score (nSPS) is 12.6. The fraction of sp³-hybridized carbons (Fsp3) is 0.364. The van der Waals surface area contributed by atoms with Crippen molar-refractivity contribution in [2.24, 2.45) is 5.92 Å². The molecule has 0 aliphatic rings. The lowest BCUT2D eigenvalue weighted by Gasteiger charge is -2.24. The van der Waals surface area contributed by atoms with Gasteiger partial charge in [0.1, 0.15) is 0 Å². The number of hydrogen-bond donors (Lipinski definition) is 1. The third-order valence-electron chi connectivity index (χ3n) is 4.48. The molecule has 0 aliphatic carbocycles. The quantitative estimate of drug-likeness (QED) is 0.187. The van der Waals surface area contributed by atoms with Gasteiger partial charge in [-0.3, -0.25) is 19.2 Å². The van der Waals surface area contributed by atoms with Crippen LogP contribution in [0.25, 0.3) is 0 Å². The van der Waals surface area contributed by atoms with Gasteiger partial charge in [-0.1, -0.05) is 49.7 Å². The number of unbranched alkanes of at least 4 members (excludes halogenated alkanes) is 1. The van der Waals surface area contributed by atoms with E-state index < -0.39 is 23.8 Å². The third kappa shape index (κ3) is 5.87. The van der Waals surface area contributed by atoms with Crippen LogP contribution in [0.1, 0.15) is 43.7 Å². The summed E-state index contributed by atoms with van der Waals surface area (Å²) in [6, 6.07) is 12.0. The highest BCUT2D eigenvalue weighted by Gasteiger charge is 2.38. The van der Waals surface area contributed by atoms with E-state index in [9.17, 15) is 19.5 Å². The summed E-state index contributed by atoms with van der Waals surface area (Å²) in [4.78, 5) is 45.4. The lowest BCUT2D eigenvalue weighted by atomic mass is 9.81. The van der Waals surface area contributed by atoms with E-state index in [2.05, 4.69) is 4.98 Å². The van der Waals surface area contributed by atoms with Crippen molar-refractivity contribution in [2.45, 2.75) is 32.6 Å². The maximum absolute atomic E-state index is 12.4. The monoisotopic (exact) mass is 414 g/mol. The van der Waals surface area contributed by atoms with E-state index in [1.807, 2.05) is 6.92 Å². The summed E-state index contributed by atoms with van der Waals surface area (Å²) in [7, 11) is 0. The van der Waals surface area contributed by atoms with Crippen LogP contribution in [0.15, 0.2) is 48.7 Å². The first-order valence-corrected chi connectivity index (χ1v) is 9.81. The van der Waals surface area contributed by atoms with Gasteiger partial charge in [0, 0.05) is 12.1 Å². The molecular formula is C22H26N2O6. The van der Waals surface area contributed by atoms with Gasteiger partial charge in [0.2, 0.25) is 6.41 Å². The summed E-state index contributed by atoms with van der Waals surface area (Å²) in [5, 5.41) is 10.8. The molecule has 1 N–H and O–H groups in total. The molecule has 0 aliphatic heterocycles. The molecule has 0 fully saturated rings. The van der Waals surface area contributed by atoms with Gasteiger partial charge >= 0.3 is 11.9 Å². The van der Waals surface area contributed by atoms with Crippen LogP contribution in [-0.2, 0) is 24.0 Å². The topological polar surface area (TPSA) is 106 Å². The van der Waals surface area contributed by atoms with Crippen LogP contribution in [0.4, 0.5) is 5.82 Å². The van der Waals surface area contributed by atoms with E-state index in [1.165, 1.54) is 6.20 Å². The number of esters is 1. The van der Waals surface area contributed by atoms with E-state index in [0.717, 1.165) is 17.9 Å². The minimum Gasteiger partial charge on any atom is -0.481 e. The molecule has 0 spiro atoms. The van der Waals surface area contributed by atoms with Crippen molar-refractivity contribution in [2.75, 3.05) is 18.3 Å². The molecule has 30 heavy (non-hydrogen) atoms. The number of carbonyl (C=O) groups is 3. The number of carbonyl (C=O) groups excluding carboxylic acids is 2. The van der Waals surface area contributed by atoms with Crippen molar-refractivity contribution in [1.82, 2.24) is 4.98 Å². The minimum absolute atomic E-state index is 0.0741. The zero-order valence-corrected chi connectivity index (χ0v) is 17.1. The Bertz CT molecular complexity index is 825. The molecule has 0 radical (unpaired) electrons. The summed E-state index contributed by atoms with van der Waals surface area (Å²) in [5.41, 5.74) is 1.14. The number of carboxylic acid groups (broad SMARTS) is 1. The average Bonchev–Trinajstić information content (AvgIpc) is 2.76.